The van der Waals surface area contributed by atoms with Gasteiger partial charge < -0.3 is 10.6 Å². The van der Waals surface area contributed by atoms with Gasteiger partial charge in [-0.1, -0.05) is 6.07 Å². The van der Waals surface area contributed by atoms with Crippen molar-refractivity contribution in [1.82, 2.24) is 15.3 Å². The highest BCUT2D eigenvalue weighted by atomic mass is 19.1. The molecule has 7 nitrogen and oxygen atoms in total. The summed E-state index contributed by atoms with van der Waals surface area (Å²) < 4.78 is 13.4. The summed E-state index contributed by atoms with van der Waals surface area (Å²) in [5.74, 6) is -0.192. The van der Waals surface area contributed by atoms with Crippen LogP contribution in [-0.4, -0.2) is 28.5 Å². The van der Waals surface area contributed by atoms with E-state index < -0.39 is 17.1 Å². The maximum Gasteiger partial charge on any atom is 0.327 e. The highest BCUT2D eigenvalue weighted by molar-refractivity contribution is 5.95. The Morgan fingerprint density at radius 3 is 2.72 bits per heavy atom. The molecule has 8 heteroatoms. The highest BCUT2D eigenvalue weighted by Crippen LogP contribution is 2.33. The molecule has 1 aromatic heterocycles. The molecule has 1 atom stereocenters. The van der Waals surface area contributed by atoms with Gasteiger partial charge in [0.05, 0.1) is 0 Å². The molecule has 132 valence electrons. The largest absolute Gasteiger partial charge is 0.369 e. The SMILES string of the molecule is Cc1ccc(F)cc1C(=O)NC(CNc1cc(=O)[nH]c(=O)[nH]1)C1CC1. The maximum absolute atomic E-state index is 13.4. The van der Waals surface area contributed by atoms with Crippen LogP contribution < -0.4 is 21.9 Å². The van der Waals surface area contributed by atoms with Crippen LogP contribution in [0.4, 0.5) is 10.2 Å². The van der Waals surface area contributed by atoms with Crippen LogP contribution in [0.3, 0.4) is 0 Å². The zero-order valence-electron chi connectivity index (χ0n) is 13.7. The van der Waals surface area contributed by atoms with E-state index in [9.17, 15) is 18.8 Å². The molecule has 0 bridgehead atoms. The molecule has 3 rings (SSSR count). The van der Waals surface area contributed by atoms with Gasteiger partial charge >= 0.3 is 5.69 Å². The van der Waals surface area contributed by atoms with Crippen LogP contribution in [-0.2, 0) is 0 Å². The van der Waals surface area contributed by atoms with E-state index in [1.807, 2.05) is 0 Å². The molecule has 1 unspecified atom stereocenters. The number of hydrogen-bond donors (Lipinski definition) is 4. The van der Waals surface area contributed by atoms with E-state index in [0.717, 1.165) is 12.8 Å². The van der Waals surface area contributed by atoms with Gasteiger partial charge in [-0.25, -0.2) is 9.18 Å². The van der Waals surface area contributed by atoms with E-state index in [-0.39, 0.29) is 17.8 Å². The summed E-state index contributed by atoms with van der Waals surface area (Å²) in [6.45, 7) is 2.10. The van der Waals surface area contributed by atoms with E-state index >= 15 is 0 Å². The fourth-order valence-electron chi connectivity index (χ4n) is 2.70. The van der Waals surface area contributed by atoms with Gasteiger partial charge in [0.1, 0.15) is 11.6 Å². The summed E-state index contributed by atoms with van der Waals surface area (Å²) in [6.07, 6.45) is 1.97. The summed E-state index contributed by atoms with van der Waals surface area (Å²) >= 11 is 0. The summed E-state index contributed by atoms with van der Waals surface area (Å²) in [7, 11) is 0. The number of H-pyrrole nitrogens is 2. The van der Waals surface area contributed by atoms with Gasteiger partial charge in [-0.3, -0.25) is 19.6 Å². The number of carbonyl (C=O) groups excluding carboxylic acids is 1. The second kappa shape index (κ2) is 6.92. The molecule has 1 saturated carbocycles. The summed E-state index contributed by atoms with van der Waals surface area (Å²) in [5.41, 5.74) is -0.110. The van der Waals surface area contributed by atoms with Gasteiger partial charge in [-0.2, -0.15) is 0 Å². The number of amides is 1. The zero-order valence-corrected chi connectivity index (χ0v) is 13.7. The van der Waals surface area contributed by atoms with Gasteiger partial charge in [-0.15, -0.1) is 0 Å². The van der Waals surface area contributed by atoms with E-state index in [0.29, 0.717) is 23.6 Å². The Morgan fingerprint density at radius 2 is 2.04 bits per heavy atom. The van der Waals surface area contributed by atoms with Crippen molar-refractivity contribution in [2.24, 2.45) is 5.92 Å². The Morgan fingerprint density at radius 1 is 1.28 bits per heavy atom. The van der Waals surface area contributed by atoms with Gasteiger partial charge in [0.2, 0.25) is 0 Å². The number of aromatic nitrogens is 2. The van der Waals surface area contributed by atoms with Crippen molar-refractivity contribution >= 4 is 11.7 Å². The van der Waals surface area contributed by atoms with Gasteiger partial charge in [0.25, 0.3) is 11.5 Å². The first kappa shape index (κ1) is 16.9. The normalized spacial score (nSPS) is 14.8. The van der Waals surface area contributed by atoms with Crippen LogP contribution in [0.1, 0.15) is 28.8 Å². The van der Waals surface area contributed by atoms with Crippen molar-refractivity contribution in [3.05, 3.63) is 62.0 Å². The predicted molar refractivity (Wildman–Crippen MR) is 91.3 cm³/mol. The molecule has 1 heterocycles. The summed E-state index contributed by atoms with van der Waals surface area (Å²) in [4.78, 5) is 39.6. The molecule has 0 spiro atoms. The minimum atomic E-state index is -0.600. The third-order valence-corrected chi connectivity index (χ3v) is 4.22. The lowest BCUT2D eigenvalue weighted by Gasteiger charge is -2.20. The Hall–Kier alpha value is -2.90. The van der Waals surface area contributed by atoms with Crippen LogP contribution in [0.2, 0.25) is 0 Å². The molecule has 25 heavy (non-hydrogen) atoms. The highest BCUT2D eigenvalue weighted by Gasteiger charge is 2.32. The first-order chi connectivity index (χ1) is 11.9. The monoisotopic (exact) mass is 346 g/mol. The molecule has 1 aliphatic carbocycles. The van der Waals surface area contributed by atoms with Gasteiger partial charge in [0, 0.05) is 24.2 Å². The number of halogens is 1. The van der Waals surface area contributed by atoms with Crippen LogP contribution in [0, 0.1) is 18.7 Å². The molecule has 0 saturated heterocycles. The smallest absolute Gasteiger partial charge is 0.327 e. The Labute approximate surface area is 142 Å². The lowest BCUT2D eigenvalue weighted by Crippen LogP contribution is -2.42. The molecule has 1 amide bonds. The van der Waals surface area contributed by atoms with Crippen LogP contribution in [0.15, 0.2) is 33.9 Å². The molecular formula is C17H19FN4O3. The number of nitrogens with one attached hydrogen (secondary N) is 4. The van der Waals surface area contributed by atoms with Crippen LogP contribution >= 0.6 is 0 Å². The van der Waals surface area contributed by atoms with E-state index in [4.69, 9.17) is 0 Å². The topological polar surface area (TPSA) is 107 Å². The molecule has 1 aromatic carbocycles. The van der Waals surface area contributed by atoms with E-state index in [1.54, 1.807) is 13.0 Å². The van der Waals surface area contributed by atoms with Crippen LogP contribution in [0.5, 0.6) is 0 Å². The second-order valence-corrected chi connectivity index (χ2v) is 6.26. The van der Waals surface area contributed by atoms with Gasteiger partial charge in [0.15, 0.2) is 0 Å². The third kappa shape index (κ3) is 4.34. The van der Waals surface area contributed by atoms with Crippen molar-refractivity contribution < 1.29 is 9.18 Å². The molecule has 2 aromatic rings. The fraction of sp³-hybridized carbons (Fsp3) is 0.353. The molecule has 0 aliphatic heterocycles. The standard InChI is InChI=1S/C17H19FN4O3/c1-9-2-5-11(18)6-12(9)16(24)20-13(10-3-4-10)8-19-14-7-15(23)22-17(25)21-14/h2,5-7,10,13H,3-4,8H2,1H3,(H,20,24)(H3,19,21,22,23,25). The molecule has 1 aliphatic rings. The third-order valence-electron chi connectivity index (χ3n) is 4.22. The Bertz CT molecular complexity index is 873. The number of benzene rings is 1. The maximum atomic E-state index is 13.4. The number of carbonyl (C=O) groups is 1. The van der Waals surface area contributed by atoms with Crippen molar-refractivity contribution in [3.63, 3.8) is 0 Å². The predicted octanol–water partition coefficient (Wildman–Crippen LogP) is 1.13. The lowest BCUT2D eigenvalue weighted by molar-refractivity contribution is 0.0933. The number of hydrogen-bond acceptors (Lipinski definition) is 4. The van der Waals surface area contributed by atoms with Crippen molar-refractivity contribution in [1.29, 1.82) is 0 Å². The van der Waals surface area contributed by atoms with Crippen molar-refractivity contribution in [2.75, 3.05) is 11.9 Å². The molecule has 0 radical (unpaired) electrons. The second-order valence-electron chi connectivity index (χ2n) is 6.26. The quantitative estimate of drug-likeness (QED) is 0.629. The number of aromatic amines is 2. The fourth-order valence-corrected chi connectivity index (χ4v) is 2.70. The summed E-state index contributed by atoms with van der Waals surface area (Å²) in [5, 5.41) is 5.88. The minimum absolute atomic E-state index is 0.182. The lowest BCUT2D eigenvalue weighted by atomic mass is 10.1. The number of aryl methyl sites for hydroxylation is 1. The van der Waals surface area contributed by atoms with Crippen LogP contribution in [0.25, 0.3) is 0 Å². The average molecular weight is 346 g/mol. The van der Waals surface area contributed by atoms with Crippen molar-refractivity contribution in [2.45, 2.75) is 25.8 Å². The Kier molecular flexibility index (Phi) is 4.69. The first-order valence-electron chi connectivity index (χ1n) is 8.07. The number of anilines is 1. The van der Waals surface area contributed by atoms with E-state index in [2.05, 4.69) is 20.6 Å². The first-order valence-corrected chi connectivity index (χ1v) is 8.07. The molecule has 4 N–H and O–H groups in total. The zero-order chi connectivity index (χ0) is 18.0. The van der Waals surface area contributed by atoms with Gasteiger partial charge in [-0.05, 0) is 43.4 Å². The molecular weight excluding hydrogens is 327 g/mol. The molecule has 1 fully saturated rings. The van der Waals surface area contributed by atoms with Crippen molar-refractivity contribution in [3.8, 4) is 0 Å². The number of rotatable bonds is 6. The average Bonchev–Trinajstić information content (AvgIpc) is 3.37. The Balaban J connectivity index is 1.69. The van der Waals surface area contributed by atoms with E-state index in [1.165, 1.54) is 18.2 Å². The minimum Gasteiger partial charge on any atom is -0.369 e. The summed E-state index contributed by atoms with van der Waals surface area (Å²) in [6, 6.07) is 5.16.